The van der Waals surface area contributed by atoms with Crippen LogP contribution in [0.3, 0.4) is 0 Å². The summed E-state index contributed by atoms with van der Waals surface area (Å²) in [5.74, 6) is 0. The monoisotopic (exact) mass is 492 g/mol. The molecule has 34 heavy (non-hydrogen) atoms. The van der Waals surface area contributed by atoms with Gasteiger partial charge in [0.05, 0.1) is 12.1 Å². The maximum atomic E-state index is 13.2. The fourth-order valence-electron chi connectivity index (χ4n) is 3.80. The molecule has 2 amide bonds. The minimum atomic E-state index is -2.03. The van der Waals surface area contributed by atoms with Crippen molar-refractivity contribution in [2.45, 2.75) is 110 Å². The van der Waals surface area contributed by atoms with E-state index in [1.165, 1.54) is 0 Å². The summed E-state index contributed by atoms with van der Waals surface area (Å²) in [7, 11) is -2.03. The molecule has 1 aromatic carbocycles. The molecule has 1 N–H and O–H groups in total. The quantitative estimate of drug-likeness (QED) is 0.486. The van der Waals surface area contributed by atoms with Crippen molar-refractivity contribution in [2.24, 2.45) is 0 Å². The van der Waals surface area contributed by atoms with Crippen molar-refractivity contribution in [2.75, 3.05) is 6.54 Å². The lowest BCUT2D eigenvalue weighted by molar-refractivity contribution is 0.0128. The number of likely N-dealkylation sites (tertiary alicyclic amines) is 1. The van der Waals surface area contributed by atoms with E-state index < -0.39 is 26.1 Å². The van der Waals surface area contributed by atoms with Gasteiger partial charge < -0.3 is 24.1 Å². The summed E-state index contributed by atoms with van der Waals surface area (Å²) in [5, 5.41) is 2.99. The van der Waals surface area contributed by atoms with Crippen molar-refractivity contribution >= 4 is 20.5 Å². The van der Waals surface area contributed by atoms with Gasteiger partial charge in [0.1, 0.15) is 12.2 Å². The Morgan fingerprint density at radius 1 is 1.09 bits per heavy atom. The molecule has 192 valence electrons. The second-order valence-electron chi connectivity index (χ2n) is 11.8. The van der Waals surface area contributed by atoms with E-state index in [2.05, 4.69) is 39.2 Å². The summed E-state index contributed by atoms with van der Waals surface area (Å²) in [6.45, 7) is 19.1. The van der Waals surface area contributed by atoms with Crippen molar-refractivity contribution in [3.05, 3.63) is 35.9 Å². The highest BCUT2D eigenvalue weighted by Gasteiger charge is 2.43. The standard InChI is InChI=1S/C26H44N2O5Si/c1-19(33-34(8,9)26(5,6)7)22-16-15-21(27-23(29)32-25(2,3)4)17-28(22)24(30)31-18-20-13-11-10-12-14-20/h10-14,19,21-22H,15-18H2,1-9H3,(H,27,29)/t19-,21-,22-/m1/s1. The van der Waals surface area contributed by atoms with Gasteiger partial charge in [0.15, 0.2) is 8.32 Å². The third-order valence-electron chi connectivity index (χ3n) is 6.62. The van der Waals surface area contributed by atoms with Gasteiger partial charge in [0.2, 0.25) is 0 Å². The maximum Gasteiger partial charge on any atom is 0.410 e. The van der Waals surface area contributed by atoms with Gasteiger partial charge in [0, 0.05) is 12.6 Å². The topological polar surface area (TPSA) is 77.1 Å². The molecule has 3 atom stereocenters. The minimum Gasteiger partial charge on any atom is -0.445 e. The summed E-state index contributed by atoms with van der Waals surface area (Å²) in [6, 6.07) is 9.28. The number of ether oxygens (including phenoxy) is 2. The van der Waals surface area contributed by atoms with E-state index in [9.17, 15) is 9.59 Å². The van der Waals surface area contributed by atoms with Crippen molar-refractivity contribution in [1.82, 2.24) is 10.2 Å². The van der Waals surface area contributed by atoms with Crippen LogP contribution < -0.4 is 5.32 Å². The number of carbonyl (C=O) groups excluding carboxylic acids is 2. The summed E-state index contributed by atoms with van der Waals surface area (Å²) in [4.78, 5) is 27.3. The molecule has 1 heterocycles. The van der Waals surface area contributed by atoms with Crippen molar-refractivity contribution in [3.8, 4) is 0 Å². The van der Waals surface area contributed by atoms with E-state index in [1.807, 2.05) is 58.0 Å². The van der Waals surface area contributed by atoms with E-state index in [-0.39, 0.29) is 29.8 Å². The predicted molar refractivity (Wildman–Crippen MR) is 137 cm³/mol. The Bertz CT molecular complexity index is 817. The number of nitrogens with one attached hydrogen (secondary N) is 1. The first-order chi connectivity index (χ1) is 15.6. The van der Waals surface area contributed by atoms with Crippen molar-refractivity contribution in [3.63, 3.8) is 0 Å². The van der Waals surface area contributed by atoms with E-state index in [0.29, 0.717) is 13.0 Å². The highest BCUT2D eigenvalue weighted by Crippen LogP contribution is 2.38. The van der Waals surface area contributed by atoms with Crippen LogP contribution in [-0.4, -0.2) is 55.7 Å². The Hall–Kier alpha value is -2.06. The second-order valence-corrected chi connectivity index (χ2v) is 16.5. The largest absolute Gasteiger partial charge is 0.445 e. The average Bonchev–Trinajstić information content (AvgIpc) is 2.70. The predicted octanol–water partition coefficient (Wildman–Crippen LogP) is 6.09. The lowest BCUT2D eigenvalue weighted by atomic mass is 9.95. The van der Waals surface area contributed by atoms with Crippen LogP contribution in [0, 0.1) is 0 Å². The number of alkyl carbamates (subject to hydrolysis) is 1. The summed E-state index contributed by atoms with van der Waals surface area (Å²) >= 11 is 0. The molecular weight excluding hydrogens is 448 g/mol. The second kappa shape index (κ2) is 11.1. The molecule has 2 rings (SSSR count). The van der Waals surface area contributed by atoms with E-state index in [1.54, 1.807) is 4.90 Å². The van der Waals surface area contributed by atoms with Gasteiger partial charge in [-0.15, -0.1) is 0 Å². The molecule has 1 fully saturated rings. The number of rotatable bonds is 6. The van der Waals surface area contributed by atoms with Crippen LogP contribution in [0.15, 0.2) is 30.3 Å². The molecular formula is C26H44N2O5Si. The molecule has 0 aromatic heterocycles. The van der Waals surface area contributed by atoms with Gasteiger partial charge >= 0.3 is 12.2 Å². The molecule has 0 aliphatic carbocycles. The van der Waals surface area contributed by atoms with Gasteiger partial charge in [-0.1, -0.05) is 51.1 Å². The van der Waals surface area contributed by atoms with Crippen LogP contribution in [0.25, 0.3) is 0 Å². The number of nitrogens with zero attached hydrogens (tertiary/aromatic N) is 1. The number of benzene rings is 1. The lowest BCUT2D eigenvalue weighted by Crippen LogP contribution is -2.59. The van der Waals surface area contributed by atoms with Crippen LogP contribution >= 0.6 is 0 Å². The fourth-order valence-corrected chi connectivity index (χ4v) is 5.24. The first-order valence-electron chi connectivity index (χ1n) is 12.2. The van der Waals surface area contributed by atoms with Gasteiger partial charge in [-0.05, 0) is 64.2 Å². The molecule has 1 aromatic rings. The van der Waals surface area contributed by atoms with Crippen LogP contribution in [0.1, 0.15) is 66.9 Å². The Morgan fingerprint density at radius 3 is 2.26 bits per heavy atom. The summed E-state index contributed by atoms with van der Waals surface area (Å²) < 4.78 is 17.7. The van der Waals surface area contributed by atoms with Gasteiger partial charge in [-0.25, -0.2) is 9.59 Å². The molecule has 0 spiro atoms. The highest BCUT2D eigenvalue weighted by atomic mass is 28.4. The van der Waals surface area contributed by atoms with E-state index in [4.69, 9.17) is 13.9 Å². The van der Waals surface area contributed by atoms with Crippen molar-refractivity contribution in [1.29, 1.82) is 0 Å². The Morgan fingerprint density at radius 2 is 1.71 bits per heavy atom. The van der Waals surface area contributed by atoms with Crippen molar-refractivity contribution < 1.29 is 23.5 Å². The summed E-state index contributed by atoms with van der Waals surface area (Å²) in [6.07, 6.45) is 0.427. The van der Waals surface area contributed by atoms with Crippen LogP contribution in [0.2, 0.25) is 18.1 Å². The number of amides is 2. The molecule has 0 bridgehead atoms. The number of piperidine rings is 1. The van der Waals surface area contributed by atoms with Gasteiger partial charge in [-0.3, -0.25) is 0 Å². The average molecular weight is 493 g/mol. The van der Waals surface area contributed by atoms with E-state index in [0.717, 1.165) is 12.0 Å². The smallest absolute Gasteiger partial charge is 0.410 e. The van der Waals surface area contributed by atoms with Crippen LogP contribution in [0.4, 0.5) is 9.59 Å². The number of hydrogen-bond donors (Lipinski definition) is 1. The minimum absolute atomic E-state index is 0.0649. The SMILES string of the molecule is C[C@@H](O[Si](C)(C)C(C)(C)C)[C@H]1CC[C@@H](NC(=O)OC(C)(C)C)CN1C(=O)OCc1ccccc1. The zero-order valence-corrected chi connectivity index (χ0v) is 23.4. The molecule has 0 radical (unpaired) electrons. The fraction of sp³-hybridized carbons (Fsp3) is 0.692. The summed E-state index contributed by atoms with van der Waals surface area (Å²) in [5.41, 5.74) is 0.347. The first kappa shape index (κ1) is 28.2. The Kier molecular flexibility index (Phi) is 9.21. The molecule has 1 aliphatic heterocycles. The highest BCUT2D eigenvalue weighted by molar-refractivity contribution is 6.74. The van der Waals surface area contributed by atoms with Crippen LogP contribution in [-0.2, 0) is 20.5 Å². The molecule has 0 saturated carbocycles. The zero-order chi connectivity index (χ0) is 25.7. The van der Waals surface area contributed by atoms with Crippen LogP contribution in [0.5, 0.6) is 0 Å². The van der Waals surface area contributed by atoms with E-state index >= 15 is 0 Å². The maximum absolute atomic E-state index is 13.2. The number of hydrogen-bond acceptors (Lipinski definition) is 5. The molecule has 1 saturated heterocycles. The first-order valence-corrected chi connectivity index (χ1v) is 15.1. The third-order valence-corrected chi connectivity index (χ3v) is 11.2. The van der Waals surface area contributed by atoms with Gasteiger partial charge in [0.25, 0.3) is 0 Å². The normalized spacial score (nSPS) is 20.4. The molecule has 1 aliphatic rings. The molecule has 0 unspecified atom stereocenters. The molecule has 7 nitrogen and oxygen atoms in total. The zero-order valence-electron chi connectivity index (χ0n) is 22.4. The van der Waals surface area contributed by atoms with Gasteiger partial charge in [-0.2, -0.15) is 0 Å². The Labute approximate surface area is 206 Å². The third kappa shape index (κ3) is 8.31. The number of carbonyl (C=O) groups is 2. The Balaban J connectivity index is 2.14. The lowest BCUT2D eigenvalue weighted by Gasteiger charge is -2.45. The molecule has 8 heteroatoms.